The highest BCUT2D eigenvalue weighted by atomic mass is 32.1. The van der Waals surface area contributed by atoms with Crippen LogP contribution >= 0.6 is 11.3 Å². The predicted octanol–water partition coefficient (Wildman–Crippen LogP) is 2.67. The molecule has 8 heteroatoms. The molecule has 0 saturated carbocycles. The van der Waals surface area contributed by atoms with E-state index in [1.54, 1.807) is 29.9 Å². The summed E-state index contributed by atoms with van der Waals surface area (Å²) in [6.45, 7) is 3.52. The van der Waals surface area contributed by atoms with Crippen LogP contribution in [0.1, 0.15) is 17.7 Å². The van der Waals surface area contributed by atoms with E-state index < -0.39 is 0 Å². The number of thiophene rings is 1. The summed E-state index contributed by atoms with van der Waals surface area (Å²) in [6.07, 6.45) is 8.32. The van der Waals surface area contributed by atoms with Crippen molar-refractivity contribution in [2.45, 2.75) is 19.8 Å². The standard InChI is InChI=1S/C19H20N6OS/c1-12-2-3-16(27-12)17-14(15-11-21-6-7-22-15)10-23-19(24-17)25-8-4-13(5-9-25)18(20)26/h2-3,6-7,10-11,13H,4-5,8-9H2,1H3,(H2,20,26). The predicted molar refractivity (Wildman–Crippen MR) is 105 cm³/mol. The van der Waals surface area contributed by atoms with E-state index in [-0.39, 0.29) is 11.8 Å². The maximum Gasteiger partial charge on any atom is 0.225 e. The van der Waals surface area contributed by atoms with E-state index in [4.69, 9.17) is 10.7 Å². The van der Waals surface area contributed by atoms with Crippen LogP contribution in [0.15, 0.2) is 36.9 Å². The molecule has 0 unspecified atom stereocenters. The number of anilines is 1. The van der Waals surface area contributed by atoms with Gasteiger partial charge in [-0.3, -0.25) is 14.8 Å². The van der Waals surface area contributed by atoms with Gasteiger partial charge in [0.05, 0.1) is 22.5 Å². The number of aromatic nitrogens is 4. The van der Waals surface area contributed by atoms with Crippen molar-refractivity contribution in [3.63, 3.8) is 0 Å². The van der Waals surface area contributed by atoms with E-state index in [1.807, 2.05) is 6.20 Å². The van der Waals surface area contributed by atoms with E-state index >= 15 is 0 Å². The summed E-state index contributed by atoms with van der Waals surface area (Å²) in [5, 5.41) is 0. The van der Waals surface area contributed by atoms with E-state index in [0.717, 1.165) is 47.8 Å². The lowest BCUT2D eigenvalue weighted by molar-refractivity contribution is -0.122. The van der Waals surface area contributed by atoms with Crippen LogP contribution in [0.25, 0.3) is 21.8 Å². The molecule has 3 aromatic rings. The average Bonchev–Trinajstić information content (AvgIpc) is 3.14. The molecule has 0 radical (unpaired) electrons. The third-order valence-electron chi connectivity index (χ3n) is 4.77. The highest BCUT2D eigenvalue weighted by Gasteiger charge is 2.25. The van der Waals surface area contributed by atoms with Crippen molar-refractivity contribution in [1.29, 1.82) is 0 Å². The summed E-state index contributed by atoms with van der Waals surface area (Å²) in [6, 6.07) is 4.16. The maximum atomic E-state index is 11.4. The number of nitrogens with two attached hydrogens (primary N) is 1. The van der Waals surface area contributed by atoms with Gasteiger partial charge in [-0.05, 0) is 31.9 Å². The first-order valence-corrected chi connectivity index (χ1v) is 9.68. The SMILES string of the molecule is Cc1ccc(-c2nc(N3CCC(C(N)=O)CC3)ncc2-c2cnccn2)s1. The molecule has 7 nitrogen and oxygen atoms in total. The Bertz CT molecular complexity index is 950. The van der Waals surface area contributed by atoms with Gasteiger partial charge in [-0.15, -0.1) is 11.3 Å². The van der Waals surface area contributed by atoms with Crippen molar-refractivity contribution >= 4 is 23.2 Å². The second-order valence-electron chi connectivity index (χ2n) is 6.60. The number of carbonyl (C=O) groups is 1. The van der Waals surface area contributed by atoms with Gasteiger partial charge in [0.15, 0.2) is 0 Å². The normalized spacial score (nSPS) is 15.1. The summed E-state index contributed by atoms with van der Waals surface area (Å²) in [7, 11) is 0. The summed E-state index contributed by atoms with van der Waals surface area (Å²) in [4.78, 5) is 33.8. The molecule has 1 fully saturated rings. The molecule has 0 aliphatic carbocycles. The lowest BCUT2D eigenvalue weighted by Crippen LogP contribution is -2.39. The molecule has 4 heterocycles. The Labute approximate surface area is 161 Å². The minimum atomic E-state index is -0.219. The van der Waals surface area contributed by atoms with E-state index in [1.165, 1.54) is 4.88 Å². The molecule has 1 saturated heterocycles. The molecule has 2 N–H and O–H groups in total. The number of hydrogen-bond acceptors (Lipinski definition) is 7. The number of primary amides is 1. The molecule has 4 rings (SSSR count). The van der Waals surface area contributed by atoms with Gasteiger partial charge in [0, 0.05) is 48.0 Å². The average molecular weight is 380 g/mol. The summed E-state index contributed by atoms with van der Waals surface area (Å²) < 4.78 is 0. The zero-order chi connectivity index (χ0) is 18.8. The van der Waals surface area contributed by atoms with Crippen LogP contribution in [0.4, 0.5) is 5.95 Å². The van der Waals surface area contributed by atoms with Crippen molar-refractivity contribution in [3.8, 4) is 21.8 Å². The molecule has 3 aromatic heterocycles. The van der Waals surface area contributed by atoms with E-state index in [9.17, 15) is 4.79 Å². The van der Waals surface area contributed by atoms with Crippen LogP contribution in [0.3, 0.4) is 0 Å². The lowest BCUT2D eigenvalue weighted by atomic mass is 9.96. The first-order chi connectivity index (χ1) is 13.1. The Morgan fingerprint density at radius 3 is 2.63 bits per heavy atom. The fourth-order valence-corrected chi connectivity index (χ4v) is 4.14. The molecule has 1 aliphatic heterocycles. The molecular formula is C19H20N6OS. The molecule has 0 bridgehead atoms. The third kappa shape index (κ3) is 3.66. The van der Waals surface area contributed by atoms with E-state index in [0.29, 0.717) is 5.95 Å². The van der Waals surface area contributed by atoms with Crippen molar-refractivity contribution in [2.75, 3.05) is 18.0 Å². The quantitative estimate of drug-likeness (QED) is 0.747. The van der Waals surface area contributed by atoms with Crippen molar-refractivity contribution in [2.24, 2.45) is 11.7 Å². The Hall–Kier alpha value is -2.87. The third-order valence-corrected chi connectivity index (χ3v) is 5.78. The molecule has 27 heavy (non-hydrogen) atoms. The minimum Gasteiger partial charge on any atom is -0.369 e. The van der Waals surface area contributed by atoms with Crippen LogP contribution in [-0.2, 0) is 4.79 Å². The van der Waals surface area contributed by atoms with Gasteiger partial charge in [0.25, 0.3) is 0 Å². The summed E-state index contributed by atoms with van der Waals surface area (Å²) in [5.74, 6) is 0.398. The zero-order valence-electron chi connectivity index (χ0n) is 15.0. The summed E-state index contributed by atoms with van der Waals surface area (Å²) >= 11 is 1.69. The van der Waals surface area contributed by atoms with Gasteiger partial charge in [-0.1, -0.05) is 0 Å². The first-order valence-electron chi connectivity index (χ1n) is 8.86. The maximum absolute atomic E-state index is 11.4. The van der Waals surface area contributed by atoms with E-state index in [2.05, 4.69) is 38.9 Å². The van der Waals surface area contributed by atoms with Crippen LogP contribution in [0, 0.1) is 12.8 Å². The molecular weight excluding hydrogens is 360 g/mol. The highest BCUT2D eigenvalue weighted by Crippen LogP contribution is 2.34. The van der Waals surface area contributed by atoms with Gasteiger partial charge >= 0.3 is 0 Å². The van der Waals surface area contributed by atoms with Crippen LogP contribution < -0.4 is 10.6 Å². The molecule has 1 amide bonds. The monoisotopic (exact) mass is 380 g/mol. The number of amides is 1. The largest absolute Gasteiger partial charge is 0.369 e. The second-order valence-corrected chi connectivity index (χ2v) is 7.88. The lowest BCUT2D eigenvalue weighted by Gasteiger charge is -2.30. The Balaban J connectivity index is 1.70. The molecule has 0 spiro atoms. The summed E-state index contributed by atoms with van der Waals surface area (Å²) in [5.41, 5.74) is 7.90. The number of piperidine rings is 1. The topological polar surface area (TPSA) is 97.9 Å². The first kappa shape index (κ1) is 17.5. The molecule has 0 aromatic carbocycles. The zero-order valence-corrected chi connectivity index (χ0v) is 15.8. The van der Waals surface area contributed by atoms with Gasteiger partial charge in [-0.2, -0.15) is 0 Å². The van der Waals surface area contributed by atoms with Gasteiger partial charge in [-0.25, -0.2) is 9.97 Å². The fraction of sp³-hybridized carbons (Fsp3) is 0.316. The minimum absolute atomic E-state index is 0.0560. The second kappa shape index (κ2) is 7.40. The molecule has 0 atom stereocenters. The van der Waals surface area contributed by atoms with Crippen LogP contribution in [0.2, 0.25) is 0 Å². The number of aryl methyl sites for hydroxylation is 1. The van der Waals surface area contributed by atoms with Gasteiger partial charge in [0.1, 0.15) is 0 Å². The number of nitrogens with zero attached hydrogens (tertiary/aromatic N) is 5. The van der Waals surface area contributed by atoms with Crippen molar-refractivity contribution < 1.29 is 4.79 Å². The smallest absolute Gasteiger partial charge is 0.225 e. The highest BCUT2D eigenvalue weighted by molar-refractivity contribution is 7.15. The molecule has 138 valence electrons. The van der Waals surface area contributed by atoms with Crippen LogP contribution in [0.5, 0.6) is 0 Å². The number of carbonyl (C=O) groups excluding carboxylic acids is 1. The Morgan fingerprint density at radius 2 is 2.00 bits per heavy atom. The Morgan fingerprint density at radius 1 is 1.19 bits per heavy atom. The van der Waals surface area contributed by atoms with Gasteiger partial charge in [0.2, 0.25) is 11.9 Å². The van der Waals surface area contributed by atoms with Gasteiger partial charge < -0.3 is 10.6 Å². The van der Waals surface area contributed by atoms with Crippen molar-refractivity contribution in [1.82, 2.24) is 19.9 Å². The number of hydrogen-bond donors (Lipinski definition) is 1. The Kier molecular flexibility index (Phi) is 4.81. The van der Waals surface area contributed by atoms with Crippen LogP contribution in [-0.4, -0.2) is 38.9 Å². The number of rotatable bonds is 4. The molecule has 1 aliphatic rings. The fourth-order valence-electron chi connectivity index (χ4n) is 3.26. The van der Waals surface area contributed by atoms with Crippen molar-refractivity contribution in [3.05, 3.63) is 41.8 Å².